The lowest BCUT2D eigenvalue weighted by Gasteiger charge is -2.09. The minimum absolute atomic E-state index is 0.220. The molecule has 2 aromatic rings. The van der Waals surface area contributed by atoms with Gasteiger partial charge in [0, 0.05) is 12.2 Å². The molecule has 3 N–H and O–H groups in total. The summed E-state index contributed by atoms with van der Waals surface area (Å²) in [5.74, 6) is 1.03. The first-order valence-corrected chi connectivity index (χ1v) is 9.78. The molecule has 5 heteroatoms. The standard InChI is InChI=1S/C25H27N3O2/c1-4-18(2)7-5-10-24(19(3)27)25(29)28-17-20-11-13-22(14-12-20)30-23-9-6-8-21(15-23)16-26/h5-15H,4,17,27H2,1-3H3,(H,28,29)/b10-5-,18-7?,24-19-. The van der Waals surface area contributed by atoms with E-state index < -0.39 is 0 Å². The molecule has 0 radical (unpaired) electrons. The summed E-state index contributed by atoms with van der Waals surface area (Å²) < 4.78 is 5.77. The number of hydrogen-bond donors (Lipinski definition) is 2. The monoisotopic (exact) mass is 401 g/mol. The van der Waals surface area contributed by atoms with E-state index in [1.165, 1.54) is 5.57 Å². The molecule has 2 aromatic carbocycles. The van der Waals surface area contributed by atoms with Crippen LogP contribution in [0.5, 0.6) is 11.5 Å². The van der Waals surface area contributed by atoms with Crippen LogP contribution in [0, 0.1) is 11.3 Å². The molecule has 0 aliphatic heterocycles. The predicted octanol–water partition coefficient (Wildman–Crippen LogP) is 5.11. The van der Waals surface area contributed by atoms with E-state index in [0.29, 0.717) is 34.9 Å². The lowest BCUT2D eigenvalue weighted by atomic mass is 10.1. The Morgan fingerprint density at radius 2 is 1.90 bits per heavy atom. The highest BCUT2D eigenvalue weighted by Crippen LogP contribution is 2.22. The lowest BCUT2D eigenvalue weighted by Crippen LogP contribution is -2.25. The average Bonchev–Trinajstić information content (AvgIpc) is 2.75. The first-order chi connectivity index (χ1) is 14.4. The van der Waals surface area contributed by atoms with Crippen LogP contribution in [0.15, 0.2) is 83.6 Å². The van der Waals surface area contributed by atoms with Crippen LogP contribution < -0.4 is 15.8 Å². The molecular weight excluding hydrogens is 374 g/mol. The van der Waals surface area contributed by atoms with Gasteiger partial charge in [-0.15, -0.1) is 0 Å². The molecule has 0 fully saturated rings. The second-order valence-electron chi connectivity index (χ2n) is 6.89. The molecule has 154 valence electrons. The number of nitrogens with one attached hydrogen (secondary N) is 1. The van der Waals surface area contributed by atoms with Crippen LogP contribution in [0.4, 0.5) is 0 Å². The van der Waals surface area contributed by atoms with Crippen molar-refractivity contribution < 1.29 is 9.53 Å². The van der Waals surface area contributed by atoms with Crippen LogP contribution >= 0.6 is 0 Å². The number of carbonyl (C=O) groups is 1. The number of nitriles is 1. The van der Waals surface area contributed by atoms with Crippen molar-refractivity contribution in [3.63, 3.8) is 0 Å². The zero-order chi connectivity index (χ0) is 21.9. The molecule has 1 amide bonds. The molecule has 30 heavy (non-hydrogen) atoms. The fourth-order valence-electron chi connectivity index (χ4n) is 2.53. The van der Waals surface area contributed by atoms with E-state index in [-0.39, 0.29) is 5.91 Å². The summed E-state index contributed by atoms with van der Waals surface area (Å²) in [5.41, 5.74) is 9.50. The van der Waals surface area contributed by atoms with E-state index in [1.54, 1.807) is 37.3 Å². The van der Waals surface area contributed by atoms with Crippen molar-refractivity contribution in [3.8, 4) is 17.6 Å². The fraction of sp³-hybridized carbons (Fsp3) is 0.200. The Morgan fingerprint density at radius 3 is 2.53 bits per heavy atom. The summed E-state index contributed by atoms with van der Waals surface area (Å²) in [4.78, 5) is 12.5. The molecular formula is C25H27N3O2. The summed E-state index contributed by atoms with van der Waals surface area (Å²) in [6, 6.07) is 16.5. The van der Waals surface area contributed by atoms with Gasteiger partial charge >= 0.3 is 0 Å². The van der Waals surface area contributed by atoms with Gasteiger partial charge in [-0.1, -0.05) is 42.8 Å². The van der Waals surface area contributed by atoms with Gasteiger partial charge in [0.25, 0.3) is 5.91 Å². The second-order valence-corrected chi connectivity index (χ2v) is 6.89. The molecule has 2 rings (SSSR count). The molecule has 0 aliphatic rings. The van der Waals surface area contributed by atoms with Gasteiger partial charge in [0.05, 0.1) is 17.2 Å². The second kappa shape index (κ2) is 11.3. The third-order valence-electron chi connectivity index (χ3n) is 4.45. The van der Waals surface area contributed by atoms with Gasteiger partial charge in [0.2, 0.25) is 0 Å². The summed E-state index contributed by atoms with van der Waals surface area (Å²) in [5, 5.41) is 11.9. The van der Waals surface area contributed by atoms with E-state index >= 15 is 0 Å². The van der Waals surface area contributed by atoms with Crippen molar-refractivity contribution >= 4 is 5.91 Å². The van der Waals surface area contributed by atoms with Crippen molar-refractivity contribution in [2.24, 2.45) is 5.73 Å². The average molecular weight is 402 g/mol. The number of nitrogens with two attached hydrogens (primary N) is 1. The highest BCUT2D eigenvalue weighted by Gasteiger charge is 2.08. The van der Waals surface area contributed by atoms with E-state index in [9.17, 15) is 4.79 Å². The normalized spacial score (nSPS) is 12.3. The minimum Gasteiger partial charge on any atom is -0.457 e. The maximum atomic E-state index is 12.5. The molecule has 0 saturated carbocycles. The maximum absolute atomic E-state index is 12.5. The predicted molar refractivity (Wildman–Crippen MR) is 120 cm³/mol. The lowest BCUT2D eigenvalue weighted by molar-refractivity contribution is -0.117. The van der Waals surface area contributed by atoms with Gasteiger partial charge in [-0.3, -0.25) is 4.79 Å². The third kappa shape index (κ3) is 6.99. The van der Waals surface area contributed by atoms with Gasteiger partial charge in [-0.25, -0.2) is 0 Å². The number of ether oxygens (including phenoxy) is 1. The Balaban J connectivity index is 1.97. The minimum atomic E-state index is -0.220. The highest BCUT2D eigenvalue weighted by atomic mass is 16.5. The molecule has 0 aromatic heterocycles. The smallest absolute Gasteiger partial charge is 0.253 e. The molecule has 0 saturated heterocycles. The van der Waals surface area contributed by atoms with E-state index in [1.807, 2.05) is 43.3 Å². The Labute approximate surface area is 178 Å². The van der Waals surface area contributed by atoms with Gasteiger partial charge in [-0.05, 0) is 62.2 Å². The van der Waals surface area contributed by atoms with Crippen LogP contribution in [-0.4, -0.2) is 5.91 Å². The van der Waals surface area contributed by atoms with Crippen LogP contribution in [0.25, 0.3) is 0 Å². The zero-order valence-corrected chi connectivity index (χ0v) is 17.6. The van der Waals surface area contributed by atoms with E-state index in [4.69, 9.17) is 15.7 Å². The molecule has 0 spiro atoms. The molecule has 0 unspecified atom stereocenters. The van der Waals surface area contributed by atoms with Crippen molar-refractivity contribution in [3.05, 3.63) is 94.7 Å². The van der Waals surface area contributed by atoms with Gasteiger partial charge in [0.15, 0.2) is 0 Å². The topological polar surface area (TPSA) is 88.1 Å². The van der Waals surface area contributed by atoms with Crippen molar-refractivity contribution in [2.45, 2.75) is 33.7 Å². The maximum Gasteiger partial charge on any atom is 0.253 e. The summed E-state index contributed by atoms with van der Waals surface area (Å²) in [7, 11) is 0. The molecule has 0 aliphatic carbocycles. The summed E-state index contributed by atoms with van der Waals surface area (Å²) in [6.45, 7) is 6.20. The summed E-state index contributed by atoms with van der Waals surface area (Å²) in [6.07, 6.45) is 6.51. The van der Waals surface area contributed by atoms with E-state index in [0.717, 1.165) is 12.0 Å². The first kappa shape index (κ1) is 22.5. The Bertz CT molecular complexity index is 1010. The fourth-order valence-corrected chi connectivity index (χ4v) is 2.53. The molecule has 0 heterocycles. The third-order valence-corrected chi connectivity index (χ3v) is 4.45. The van der Waals surface area contributed by atoms with Crippen molar-refractivity contribution in [1.82, 2.24) is 5.32 Å². The van der Waals surface area contributed by atoms with Gasteiger partial charge in [-0.2, -0.15) is 5.26 Å². The highest BCUT2D eigenvalue weighted by molar-refractivity contribution is 5.96. The van der Waals surface area contributed by atoms with Crippen LogP contribution in [0.1, 0.15) is 38.3 Å². The zero-order valence-electron chi connectivity index (χ0n) is 17.6. The molecule has 0 atom stereocenters. The summed E-state index contributed by atoms with van der Waals surface area (Å²) >= 11 is 0. The number of nitrogens with zero attached hydrogens (tertiary/aromatic N) is 1. The number of allylic oxidation sites excluding steroid dienone is 4. The molecule has 0 bridgehead atoms. The number of rotatable bonds is 8. The van der Waals surface area contributed by atoms with Crippen molar-refractivity contribution in [2.75, 3.05) is 0 Å². The number of carbonyl (C=O) groups excluding carboxylic acids is 1. The van der Waals surface area contributed by atoms with Gasteiger partial charge in [0.1, 0.15) is 11.5 Å². The number of amides is 1. The number of benzene rings is 2. The van der Waals surface area contributed by atoms with Crippen LogP contribution in [0.3, 0.4) is 0 Å². The number of hydrogen-bond acceptors (Lipinski definition) is 4. The SMILES string of the molecule is CCC(C)=C/C=C\C(C(=O)NCc1ccc(Oc2cccc(C#N)c2)cc1)=C(/C)N. The molecule has 5 nitrogen and oxygen atoms in total. The first-order valence-electron chi connectivity index (χ1n) is 9.78. The Morgan fingerprint density at radius 1 is 1.17 bits per heavy atom. The Hall–Kier alpha value is -3.78. The van der Waals surface area contributed by atoms with E-state index in [2.05, 4.69) is 18.3 Å². The van der Waals surface area contributed by atoms with Crippen LogP contribution in [-0.2, 0) is 11.3 Å². The van der Waals surface area contributed by atoms with Crippen molar-refractivity contribution in [1.29, 1.82) is 5.26 Å². The largest absolute Gasteiger partial charge is 0.457 e. The van der Waals surface area contributed by atoms with Crippen LogP contribution in [0.2, 0.25) is 0 Å². The van der Waals surface area contributed by atoms with Gasteiger partial charge < -0.3 is 15.8 Å². The Kier molecular flexibility index (Phi) is 8.46. The quantitative estimate of drug-likeness (QED) is 0.475.